The molecular weight excluding hydrogens is 320 g/mol. The average Bonchev–Trinajstić information content (AvgIpc) is 2.94. The molecular formula is C14H20N4O4S. The fourth-order valence-electron chi connectivity index (χ4n) is 3.29. The van der Waals surface area contributed by atoms with Crippen molar-refractivity contribution in [3.63, 3.8) is 0 Å². The van der Waals surface area contributed by atoms with Crippen molar-refractivity contribution >= 4 is 15.9 Å². The zero-order chi connectivity index (χ0) is 16.4. The summed E-state index contributed by atoms with van der Waals surface area (Å²) in [4.78, 5) is 22.2. The van der Waals surface area contributed by atoms with Gasteiger partial charge in [-0.3, -0.25) is 9.78 Å². The number of piperidine rings is 1. The van der Waals surface area contributed by atoms with Gasteiger partial charge in [-0.05, 0) is 12.3 Å². The molecule has 2 saturated heterocycles. The fourth-order valence-corrected chi connectivity index (χ4v) is 3.75. The van der Waals surface area contributed by atoms with Gasteiger partial charge >= 0.3 is 0 Å². The molecule has 23 heavy (non-hydrogen) atoms. The molecule has 126 valence electrons. The van der Waals surface area contributed by atoms with Crippen molar-refractivity contribution in [3.8, 4) is 0 Å². The lowest BCUT2D eigenvalue weighted by Crippen LogP contribution is -2.46. The molecule has 0 spiro atoms. The molecule has 3 atom stereocenters. The van der Waals surface area contributed by atoms with Gasteiger partial charge in [0.25, 0.3) is 5.91 Å². The molecule has 0 saturated carbocycles. The quantitative estimate of drug-likeness (QED) is 0.793. The highest BCUT2D eigenvalue weighted by molar-refractivity contribution is 7.88. The summed E-state index contributed by atoms with van der Waals surface area (Å²) in [6.07, 6.45) is 6.33. The standard InChI is InChI=1S/C14H20N4O4S/c1-23(20,21)17-7-13-11-2-5-18(8-10(11)9-22-13)14(19)12-6-15-3-4-16-12/h3-4,6,10-11,13,17H,2,5,7-9H2,1H3/t10-,11-,13-/m0/s1. The van der Waals surface area contributed by atoms with Gasteiger partial charge in [0.05, 0.1) is 25.2 Å². The van der Waals surface area contributed by atoms with Crippen LogP contribution < -0.4 is 4.72 Å². The molecule has 3 heterocycles. The number of hydrogen-bond donors (Lipinski definition) is 1. The van der Waals surface area contributed by atoms with Gasteiger partial charge in [-0.25, -0.2) is 18.1 Å². The van der Waals surface area contributed by atoms with Gasteiger partial charge in [0.15, 0.2) is 0 Å². The number of carbonyl (C=O) groups is 1. The first-order chi connectivity index (χ1) is 10.9. The number of nitrogens with one attached hydrogen (secondary N) is 1. The molecule has 1 aromatic heterocycles. The summed E-state index contributed by atoms with van der Waals surface area (Å²) < 4.78 is 30.7. The molecule has 1 amide bonds. The third-order valence-corrected chi connectivity index (χ3v) is 5.10. The van der Waals surface area contributed by atoms with E-state index in [1.165, 1.54) is 18.6 Å². The Labute approximate surface area is 135 Å². The lowest BCUT2D eigenvalue weighted by molar-refractivity contribution is 0.0610. The molecule has 1 aromatic rings. The minimum absolute atomic E-state index is 0.116. The lowest BCUT2D eigenvalue weighted by Gasteiger charge is -2.35. The summed E-state index contributed by atoms with van der Waals surface area (Å²) in [6, 6.07) is 0. The van der Waals surface area contributed by atoms with Gasteiger partial charge in [-0.1, -0.05) is 0 Å². The summed E-state index contributed by atoms with van der Waals surface area (Å²) in [5, 5.41) is 0. The number of ether oxygens (including phenoxy) is 1. The van der Waals surface area contributed by atoms with Crippen molar-refractivity contribution in [1.82, 2.24) is 19.6 Å². The molecule has 0 unspecified atom stereocenters. The van der Waals surface area contributed by atoms with E-state index in [4.69, 9.17) is 4.74 Å². The monoisotopic (exact) mass is 340 g/mol. The van der Waals surface area contributed by atoms with Gasteiger partial charge in [0.1, 0.15) is 5.69 Å². The van der Waals surface area contributed by atoms with E-state index in [1.807, 2.05) is 0 Å². The van der Waals surface area contributed by atoms with E-state index in [1.54, 1.807) is 4.90 Å². The zero-order valence-corrected chi connectivity index (χ0v) is 13.7. The highest BCUT2D eigenvalue weighted by atomic mass is 32.2. The molecule has 1 N–H and O–H groups in total. The van der Waals surface area contributed by atoms with E-state index < -0.39 is 10.0 Å². The van der Waals surface area contributed by atoms with Crippen molar-refractivity contribution in [2.24, 2.45) is 11.8 Å². The predicted octanol–water partition coefficient (Wildman–Crippen LogP) is -0.497. The number of rotatable bonds is 4. The highest BCUT2D eigenvalue weighted by Gasteiger charge is 2.42. The van der Waals surface area contributed by atoms with Crippen molar-refractivity contribution in [2.45, 2.75) is 12.5 Å². The third-order valence-electron chi connectivity index (χ3n) is 4.41. The minimum Gasteiger partial charge on any atom is -0.376 e. The SMILES string of the molecule is CS(=O)(=O)NC[C@@H]1OC[C@@H]2CN(C(=O)c3cnccn3)CC[C@@H]21. The van der Waals surface area contributed by atoms with Crippen LogP contribution in [0.5, 0.6) is 0 Å². The summed E-state index contributed by atoms with van der Waals surface area (Å²) in [5.41, 5.74) is 0.347. The van der Waals surface area contributed by atoms with Crippen LogP contribution in [0.3, 0.4) is 0 Å². The van der Waals surface area contributed by atoms with Crippen LogP contribution in [0.4, 0.5) is 0 Å². The molecule has 2 aliphatic heterocycles. The maximum Gasteiger partial charge on any atom is 0.274 e. The number of amides is 1. The third kappa shape index (κ3) is 3.85. The van der Waals surface area contributed by atoms with E-state index in [0.29, 0.717) is 25.4 Å². The number of fused-ring (bicyclic) bond motifs is 1. The largest absolute Gasteiger partial charge is 0.376 e. The van der Waals surface area contributed by atoms with Crippen molar-refractivity contribution < 1.29 is 17.9 Å². The molecule has 2 fully saturated rings. The summed E-state index contributed by atoms with van der Waals surface area (Å²) in [7, 11) is -3.22. The Kier molecular flexibility index (Phi) is 4.60. The molecule has 0 radical (unpaired) electrons. The van der Waals surface area contributed by atoms with Gasteiger partial charge in [-0.15, -0.1) is 0 Å². The van der Waals surface area contributed by atoms with E-state index >= 15 is 0 Å². The van der Waals surface area contributed by atoms with Gasteiger partial charge in [-0.2, -0.15) is 0 Å². The Hall–Kier alpha value is -1.58. The van der Waals surface area contributed by atoms with Gasteiger partial charge in [0.2, 0.25) is 10.0 Å². The summed E-state index contributed by atoms with van der Waals surface area (Å²) in [5.74, 6) is 0.389. The van der Waals surface area contributed by atoms with Gasteiger partial charge < -0.3 is 9.64 Å². The van der Waals surface area contributed by atoms with Crippen LogP contribution in [-0.4, -0.2) is 67.8 Å². The van der Waals surface area contributed by atoms with E-state index in [0.717, 1.165) is 12.7 Å². The Morgan fingerprint density at radius 3 is 3.00 bits per heavy atom. The van der Waals surface area contributed by atoms with E-state index in [9.17, 15) is 13.2 Å². The number of carbonyl (C=O) groups excluding carboxylic acids is 1. The molecule has 0 aromatic carbocycles. The number of aromatic nitrogens is 2. The van der Waals surface area contributed by atoms with Crippen LogP contribution in [0.25, 0.3) is 0 Å². The minimum atomic E-state index is -3.22. The molecule has 8 nitrogen and oxygen atoms in total. The first-order valence-electron chi connectivity index (χ1n) is 7.55. The maximum absolute atomic E-state index is 12.4. The van der Waals surface area contributed by atoms with Crippen LogP contribution >= 0.6 is 0 Å². The average molecular weight is 340 g/mol. The normalized spacial score (nSPS) is 27.7. The smallest absolute Gasteiger partial charge is 0.274 e. The Morgan fingerprint density at radius 2 is 2.30 bits per heavy atom. The number of likely N-dealkylation sites (tertiary alicyclic amines) is 1. The molecule has 9 heteroatoms. The lowest BCUT2D eigenvalue weighted by atomic mass is 9.84. The highest BCUT2D eigenvalue weighted by Crippen LogP contribution is 2.34. The number of hydrogen-bond acceptors (Lipinski definition) is 6. The van der Waals surface area contributed by atoms with Crippen molar-refractivity contribution in [1.29, 1.82) is 0 Å². The number of sulfonamides is 1. The van der Waals surface area contributed by atoms with E-state index in [2.05, 4.69) is 14.7 Å². The fraction of sp³-hybridized carbons (Fsp3) is 0.643. The van der Waals surface area contributed by atoms with Crippen LogP contribution in [0.15, 0.2) is 18.6 Å². The second kappa shape index (κ2) is 6.50. The van der Waals surface area contributed by atoms with Crippen LogP contribution in [0.2, 0.25) is 0 Å². The Balaban J connectivity index is 1.59. The van der Waals surface area contributed by atoms with Crippen LogP contribution in [-0.2, 0) is 14.8 Å². The Morgan fingerprint density at radius 1 is 1.48 bits per heavy atom. The molecule has 0 bridgehead atoms. The molecule has 3 rings (SSSR count). The van der Waals surface area contributed by atoms with Crippen molar-refractivity contribution in [3.05, 3.63) is 24.3 Å². The first kappa shape index (κ1) is 16.3. The number of nitrogens with zero attached hydrogens (tertiary/aromatic N) is 3. The van der Waals surface area contributed by atoms with Crippen LogP contribution in [0.1, 0.15) is 16.9 Å². The van der Waals surface area contributed by atoms with Crippen molar-refractivity contribution in [2.75, 3.05) is 32.5 Å². The summed E-state index contributed by atoms with van der Waals surface area (Å²) >= 11 is 0. The summed E-state index contributed by atoms with van der Waals surface area (Å²) in [6.45, 7) is 2.06. The zero-order valence-electron chi connectivity index (χ0n) is 12.9. The second-order valence-corrected chi connectivity index (χ2v) is 7.88. The maximum atomic E-state index is 12.4. The van der Waals surface area contributed by atoms with E-state index in [-0.39, 0.29) is 30.4 Å². The Bertz CT molecular complexity index is 667. The predicted molar refractivity (Wildman–Crippen MR) is 82.1 cm³/mol. The second-order valence-electron chi connectivity index (χ2n) is 6.05. The topological polar surface area (TPSA) is 101 Å². The van der Waals surface area contributed by atoms with Crippen LogP contribution in [0, 0.1) is 11.8 Å². The molecule has 2 aliphatic rings. The van der Waals surface area contributed by atoms with Gasteiger partial charge in [0, 0.05) is 37.9 Å². The molecule has 0 aliphatic carbocycles. The first-order valence-corrected chi connectivity index (χ1v) is 9.45.